The van der Waals surface area contributed by atoms with Crippen LogP contribution in [0, 0.1) is 0 Å². The first kappa shape index (κ1) is 16.0. The number of hydrogen-bond donors (Lipinski definition) is 2. The molecule has 3 rings (SSSR count). The van der Waals surface area contributed by atoms with Crippen molar-refractivity contribution >= 4 is 24.8 Å². The maximum atomic E-state index is 4.05. The molecule has 0 aliphatic carbocycles. The normalized spacial score (nSPS) is 18.2. The number of hydrogen-bond acceptors (Lipinski definition) is 3. The highest BCUT2D eigenvalue weighted by molar-refractivity contribution is 5.85. The summed E-state index contributed by atoms with van der Waals surface area (Å²) >= 11 is 0. The van der Waals surface area contributed by atoms with E-state index in [0.717, 1.165) is 25.3 Å². The summed E-state index contributed by atoms with van der Waals surface area (Å²) in [6, 6.07) is 9.06. The fourth-order valence-corrected chi connectivity index (χ4v) is 2.18. The quantitative estimate of drug-likeness (QED) is 0.891. The Bertz CT molecular complexity index is 464. The van der Waals surface area contributed by atoms with E-state index < -0.39 is 0 Å². The molecule has 0 unspecified atom stereocenters. The fraction of sp³-hybridized carbons (Fsp3) is 0.308. The van der Waals surface area contributed by atoms with E-state index in [0.29, 0.717) is 6.04 Å². The molecule has 1 aromatic heterocycles. The molecule has 1 saturated heterocycles. The molecular weight excluding hydrogens is 283 g/mol. The molecular formula is C13H18Cl2N4. The third kappa shape index (κ3) is 3.70. The molecule has 104 valence electrons. The average molecular weight is 301 g/mol. The van der Waals surface area contributed by atoms with Crippen LogP contribution in [0.1, 0.15) is 11.6 Å². The number of imidazole rings is 1. The molecule has 2 aromatic rings. The van der Waals surface area contributed by atoms with Crippen LogP contribution in [0.4, 0.5) is 0 Å². The molecule has 1 aliphatic heterocycles. The van der Waals surface area contributed by atoms with Crippen molar-refractivity contribution in [2.75, 3.05) is 19.6 Å². The summed E-state index contributed by atoms with van der Waals surface area (Å²) in [5.41, 5.74) is 2.48. The van der Waals surface area contributed by atoms with E-state index in [9.17, 15) is 0 Å². The Morgan fingerprint density at radius 2 is 1.89 bits per heavy atom. The van der Waals surface area contributed by atoms with E-state index in [-0.39, 0.29) is 24.8 Å². The van der Waals surface area contributed by atoms with Crippen molar-refractivity contribution in [1.29, 1.82) is 0 Å². The van der Waals surface area contributed by atoms with Gasteiger partial charge in [0.05, 0.1) is 6.33 Å². The molecule has 1 fully saturated rings. The minimum absolute atomic E-state index is 0. The van der Waals surface area contributed by atoms with Gasteiger partial charge in [-0.1, -0.05) is 12.1 Å². The lowest BCUT2D eigenvalue weighted by Gasteiger charge is -2.25. The van der Waals surface area contributed by atoms with Gasteiger partial charge in [-0.2, -0.15) is 0 Å². The van der Waals surface area contributed by atoms with Crippen molar-refractivity contribution < 1.29 is 0 Å². The molecule has 0 saturated carbocycles. The standard InChI is InChI=1S/C13H16N4.2ClH/c1-3-12(17-8-7-15-10-17)4-2-11(1)13-9-14-5-6-16-13;;/h1-4,7-8,10,13-14,16H,5-6,9H2;2*1H/t13-;;/m1../s1. The van der Waals surface area contributed by atoms with Crippen molar-refractivity contribution in [1.82, 2.24) is 20.2 Å². The second-order valence-corrected chi connectivity index (χ2v) is 4.27. The second kappa shape index (κ2) is 7.50. The fourth-order valence-electron chi connectivity index (χ4n) is 2.18. The maximum absolute atomic E-state index is 4.05. The van der Waals surface area contributed by atoms with Crippen LogP contribution in [0.25, 0.3) is 5.69 Å². The van der Waals surface area contributed by atoms with Gasteiger partial charge < -0.3 is 15.2 Å². The Kier molecular flexibility index (Phi) is 6.31. The highest BCUT2D eigenvalue weighted by atomic mass is 35.5. The average Bonchev–Trinajstić information content (AvgIpc) is 2.94. The van der Waals surface area contributed by atoms with Gasteiger partial charge in [0.15, 0.2) is 0 Å². The number of halogens is 2. The number of aromatic nitrogens is 2. The van der Waals surface area contributed by atoms with Crippen molar-refractivity contribution in [3.63, 3.8) is 0 Å². The van der Waals surface area contributed by atoms with Crippen molar-refractivity contribution in [3.05, 3.63) is 48.5 Å². The molecule has 0 radical (unpaired) electrons. The monoisotopic (exact) mass is 300 g/mol. The third-order valence-corrected chi connectivity index (χ3v) is 3.14. The molecule has 2 N–H and O–H groups in total. The zero-order valence-corrected chi connectivity index (χ0v) is 12.1. The van der Waals surface area contributed by atoms with Gasteiger partial charge in [-0.25, -0.2) is 4.98 Å². The Balaban J connectivity index is 0.000000902. The molecule has 1 atom stereocenters. The first-order chi connectivity index (χ1) is 8.43. The van der Waals surface area contributed by atoms with Gasteiger partial charge in [0.25, 0.3) is 0 Å². The Morgan fingerprint density at radius 1 is 1.11 bits per heavy atom. The predicted octanol–water partition coefficient (Wildman–Crippen LogP) is 1.95. The molecule has 19 heavy (non-hydrogen) atoms. The number of rotatable bonds is 2. The number of benzene rings is 1. The highest BCUT2D eigenvalue weighted by Gasteiger charge is 2.13. The summed E-state index contributed by atoms with van der Waals surface area (Å²) in [6.45, 7) is 3.10. The lowest BCUT2D eigenvalue weighted by atomic mass is 10.1. The Morgan fingerprint density at radius 3 is 2.47 bits per heavy atom. The number of nitrogens with one attached hydrogen (secondary N) is 2. The van der Waals surface area contributed by atoms with E-state index >= 15 is 0 Å². The van der Waals surface area contributed by atoms with Gasteiger partial charge in [-0.3, -0.25) is 0 Å². The van der Waals surface area contributed by atoms with Gasteiger partial charge in [-0.05, 0) is 17.7 Å². The van der Waals surface area contributed by atoms with E-state index in [4.69, 9.17) is 0 Å². The van der Waals surface area contributed by atoms with Crippen molar-refractivity contribution in [3.8, 4) is 5.69 Å². The smallest absolute Gasteiger partial charge is 0.0991 e. The summed E-state index contributed by atoms with van der Waals surface area (Å²) in [7, 11) is 0. The summed E-state index contributed by atoms with van der Waals surface area (Å²) in [5, 5.41) is 6.91. The molecule has 6 heteroatoms. The van der Waals surface area contributed by atoms with Crippen LogP contribution in [0.5, 0.6) is 0 Å². The number of piperazine rings is 1. The zero-order chi connectivity index (χ0) is 11.5. The van der Waals surface area contributed by atoms with Gasteiger partial charge in [0, 0.05) is 43.8 Å². The molecule has 0 spiro atoms. The molecule has 1 aromatic carbocycles. The van der Waals surface area contributed by atoms with E-state index in [1.807, 2.05) is 17.1 Å². The van der Waals surface area contributed by atoms with Crippen LogP contribution in [-0.4, -0.2) is 29.2 Å². The minimum Gasteiger partial charge on any atom is -0.314 e. The first-order valence-electron chi connectivity index (χ1n) is 5.96. The lowest BCUT2D eigenvalue weighted by molar-refractivity contribution is 0.430. The first-order valence-corrected chi connectivity index (χ1v) is 5.96. The molecule has 0 bridgehead atoms. The number of nitrogens with zero attached hydrogens (tertiary/aromatic N) is 2. The highest BCUT2D eigenvalue weighted by Crippen LogP contribution is 2.16. The SMILES string of the molecule is Cl.Cl.c1cn(-c2ccc([C@H]3CNCCN3)cc2)cn1. The van der Waals surface area contributed by atoms with Gasteiger partial charge in [0.1, 0.15) is 0 Å². The molecule has 2 heterocycles. The largest absolute Gasteiger partial charge is 0.314 e. The zero-order valence-electron chi connectivity index (χ0n) is 10.5. The topological polar surface area (TPSA) is 41.9 Å². The summed E-state index contributed by atoms with van der Waals surface area (Å²) in [6.07, 6.45) is 5.56. The van der Waals surface area contributed by atoms with Crippen molar-refractivity contribution in [2.24, 2.45) is 0 Å². The van der Waals surface area contributed by atoms with Gasteiger partial charge >= 0.3 is 0 Å². The van der Waals surface area contributed by atoms with Crippen LogP contribution in [-0.2, 0) is 0 Å². The van der Waals surface area contributed by atoms with Gasteiger partial charge in [0.2, 0.25) is 0 Å². The van der Waals surface area contributed by atoms with Crippen LogP contribution in [0.2, 0.25) is 0 Å². The van der Waals surface area contributed by atoms with E-state index in [2.05, 4.69) is 39.9 Å². The Hall–Kier alpha value is -1.07. The van der Waals surface area contributed by atoms with E-state index in [1.165, 1.54) is 5.56 Å². The minimum atomic E-state index is 0. The van der Waals surface area contributed by atoms with Crippen molar-refractivity contribution in [2.45, 2.75) is 6.04 Å². The van der Waals surface area contributed by atoms with Crippen LogP contribution >= 0.6 is 24.8 Å². The molecule has 0 amide bonds. The lowest BCUT2D eigenvalue weighted by Crippen LogP contribution is -2.42. The summed E-state index contributed by atoms with van der Waals surface area (Å²) < 4.78 is 2.01. The second-order valence-electron chi connectivity index (χ2n) is 4.27. The van der Waals surface area contributed by atoms with Crippen LogP contribution < -0.4 is 10.6 Å². The predicted molar refractivity (Wildman–Crippen MR) is 81.7 cm³/mol. The molecule has 1 aliphatic rings. The van der Waals surface area contributed by atoms with Crippen LogP contribution in [0.15, 0.2) is 43.0 Å². The van der Waals surface area contributed by atoms with Gasteiger partial charge in [-0.15, -0.1) is 24.8 Å². The summed E-state index contributed by atoms with van der Waals surface area (Å²) in [4.78, 5) is 4.05. The third-order valence-electron chi connectivity index (χ3n) is 3.14. The Labute approximate surface area is 125 Å². The van der Waals surface area contributed by atoms with Crippen LogP contribution in [0.3, 0.4) is 0 Å². The molecule has 4 nitrogen and oxygen atoms in total. The summed E-state index contributed by atoms with van der Waals surface area (Å²) in [5.74, 6) is 0. The van der Waals surface area contributed by atoms with E-state index in [1.54, 1.807) is 6.20 Å². The maximum Gasteiger partial charge on any atom is 0.0991 e.